The molecule has 1 aromatic carbocycles. The number of hydrogen-bond donors (Lipinski definition) is 2. The fraction of sp³-hybridized carbons (Fsp3) is 0.267. The smallest absolute Gasteiger partial charge is 0.261 e. The first-order valence-electron chi connectivity index (χ1n) is 6.53. The highest BCUT2D eigenvalue weighted by Crippen LogP contribution is 2.29. The summed E-state index contributed by atoms with van der Waals surface area (Å²) >= 11 is 0. The second-order valence-corrected chi connectivity index (χ2v) is 4.14. The van der Waals surface area contributed by atoms with Crippen molar-refractivity contribution in [3.05, 3.63) is 29.3 Å². The zero-order chi connectivity index (χ0) is 16.5. The lowest BCUT2D eigenvalue weighted by molar-refractivity contribution is -0.120. The molecular weight excluding hydrogens is 286 g/mol. The molecule has 0 saturated heterocycles. The summed E-state index contributed by atoms with van der Waals surface area (Å²) < 4.78 is 10.7. The lowest BCUT2D eigenvalue weighted by Gasteiger charge is -2.11. The van der Waals surface area contributed by atoms with Gasteiger partial charge < -0.3 is 20.5 Å². The second kappa shape index (κ2) is 8.32. The zero-order valence-electron chi connectivity index (χ0n) is 12.4. The number of carbonyl (C=O) groups excluding carboxylic acids is 2. The SMILES string of the molecule is CCOc1cc(/C=C(/C#N)C(=O)NC)ccc1OCC(N)=O. The lowest BCUT2D eigenvalue weighted by atomic mass is 10.1. The predicted octanol–water partition coefficient (Wildman–Crippen LogP) is 0.602. The standard InChI is InChI=1S/C15H17N3O4/c1-3-21-13-7-10(6-11(8-16)15(20)18-2)4-5-12(13)22-9-14(17)19/h4-7H,3,9H2,1-2H3,(H2,17,19)(H,18,20)/b11-6-. The number of ether oxygens (including phenoxy) is 2. The van der Waals surface area contributed by atoms with E-state index in [0.717, 1.165) is 0 Å². The Bertz CT molecular complexity index is 632. The van der Waals surface area contributed by atoms with Crippen LogP contribution in [0.3, 0.4) is 0 Å². The van der Waals surface area contributed by atoms with Gasteiger partial charge in [0.2, 0.25) is 0 Å². The summed E-state index contributed by atoms with van der Waals surface area (Å²) in [6.07, 6.45) is 1.43. The Labute approximate surface area is 128 Å². The molecule has 0 radical (unpaired) electrons. The molecule has 116 valence electrons. The van der Waals surface area contributed by atoms with Crippen molar-refractivity contribution in [2.24, 2.45) is 5.73 Å². The van der Waals surface area contributed by atoms with E-state index in [1.165, 1.54) is 13.1 Å². The van der Waals surface area contributed by atoms with E-state index in [1.54, 1.807) is 25.1 Å². The van der Waals surface area contributed by atoms with Crippen LogP contribution in [0.15, 0.2) is 23.8 Å². The summed E-state index contributed by atoms with van der Waals surface area (Å²) in [5, 5.41) is 11.4. The van der Waals surface area contributed by atoms with Gasteiger partial charge in [0.05, 0.1) is 6.61 Å². The molecule has 7 nitrogen and oxygen atoms in total. The van der Waals surface area contributed by atoms with Crippen molar-refractivity contribution in [2.45, 2.75) is 6.92 Å². The highest BCUT2D eigenvalue weighted by molar-refractivity contribution is 6.01. The van der Waals surface area contributed by atoms with Crippen LogP contribution in [0.1, 0.15) is 12.5 Å². The fourth-order valence-corrected chi connectivity index (χ4v) is 1.60. The number of amides is 2. The molecule has 0 bridgehead atoms. The lowest BCUT2D eigenvalue weighted by Crippen LogP contribution is -2.20. The number of likely N-dealkylation sites (N-methyl/N-ethyl adjacent to an activating group) is 1. The zero-order valence-corrected chi connectivity index (χ0v) is 12.4. The van der Waals surface area contributed by atoms with Crippen LogP contribution in [0.25, 0.3) is 6.08 Å². The molecule has 2 amide bonds. The molecule has 0 heterocycles. The summed E-state index contributed by atoms with van der Waals surface area (Å²) in [6, 6.07) is 6.65. The first kappa shape index (κ1) is 17.0. The molecule has 0 atom stereocenters. The molecule has 1 aromatic rings. The van der Waals surface area contributed by atoms with Gasteiger partial charge in [0, 0.05) is 7.05 Å². The number of carbonyl (C=O) groups is 2. The normalized spacial score (nSPS) is 10.5. The van der Waals surface area contributed by atoms with E-state index >= 15 is 0 Å². The molecular formula is C15H17N3O4. The minimum atomic E-state index is -0.599. The minimum Gasteiger partial charge on any atom is -0.490 e. The predicted molar refractivity (Wildman–Crippen MR) is 80.0 cm³/mol. The van der Waals surface area contributed by atoms with E-state index in [-0.39, 0.29) is 12.2 Å². The Morgan fingerprint density at radius 2 is 2.09 bits per heavy atom. The van der Waals surface area contributed by atoms with E-state index in [2.05, 4.69) is 5.32 Å². The number of nitrogens with zero attached hydrogens (tertiary/aromatic N) is 1. The summed E-state index contributed by atoms with van der Waals surface area (Å²) in [6.45, 7) is 1.92. The van der Waals surface area contributed by atoms with Crippen molar-refractivity contribution < 1.29 is 19.1 Å². The summed E-state index contributed by atoms with van der Waals surface area (Å²) in [5.74, 6) is -0.324. The molecule has 0 aliphatic rings. The Morgan fingerprint density at radius 1 is 1.36 bits per heavy atom. The first-order chi connectivity index (χ1) is 10.5. The number of nitrogens with one attached hydrogen (secondary N) is 1. The summed E-state index contributed by atoms with van der Waals surface area (Å²) in [4.78, 5) is 22.3. The van der Waals surface area contributed by atoms with Crippen LogP contribution in [0.5, 0.6) is 11.5 Å². The fourth-order valence-electron chi connectivity index (χ4n) is 1.60. The molecule has 0 aromatic heterocycles. The van der Waals surface area contributed by atoms with Crippen molar-refractivity contribution in [3.63, 3.8) is 0 Å². The van der Waals surface area contributed by atoms with E-state index in [9.17, 15) is 9.59 Å². The van der Waals surface area contributed by atoms with Gasteiger partial charge in [-0.1, -0.05) is 6.07 Å². The molecule has 0 fully saturated rings. The van der Waals surface area contributed by atoms with Gasteiger partial charge in [-0.25, -0.2) is 0 Å². The summed E-state index contributed by atoms with van der Waals surface area (Å²) in [7, 11) is 1.44. The number of nitriles is 1. The van der Waals surface area contributed by atoms with Crippen LogP contribution in [0.4, 0.5) is 0 Å². The Kier molecular flexibility index (Phi) is 6.44. The third kappa shape index (κ3) is 4.83. The second-order valence-electron chi connectivity index (χ2n) is 4.14. The average molecular weight is 303 g/mol. The number of rotatable bonds is 7. The Balaban J connectivity index is 3.11. The monoisotopic (exact) mass is 303 g/mol. The van der Waals surface area contributed by atoms with Gasteiger partial charge in [0.1, 0.15) is 11.6 Å². The quantitative estimate of drug-likeness (QED) is 0.565. The molecule has 3 N–H and O–H groups in total. The van der Waals surface area contributed by atoms with Crippen LogP contribution in [0.2, 0.25) is 0 Å². The molecule has 1 rings (SSSR count). The molecule has 0 unspecified atom stereocenters. The van der Waals surface area contributed by atoms with Gasteiger partial charge in [0.25, 0.3) is 11.8 Å². The number of nitrogens with two attached hydrogens (primary N) is 1. The van der Waals surface area contributed by atoms with Crippen molar-refractivity contribution in [2.75, 3.05) is 20.3 Å². The molecule has 0 aliphatic heterocycles. The molecule has 7 heteroatoms. The van der Waals surface area contributed by atoms with E-state index in [1.807, 2.05) is 6.07 Å². The van der Waals surface area contributed by atoms with Gasteiger partial charge >= 0.3 is 0 Å². The van der Waals surface area contributed by atoms with Crippen molar-refractivity contribution >= 4 is 17.9 Å². The van der Waals surface area contributed by atoms with E-state index in [4.69, 9.17) is 20.5 Å². The van der Waals surface area contributed by atoms with Crippen LogP contribution < -0.4 is 20.5 Å². The Hall–Kier alpha value is -3.01. The van der Waals surface area contributed by atoms with Crippen LogP contribution >= 0.6 is 0 Å². The Morgan fingerprint density at radius 3 is 2.64 bits per heavy atom. The topological polar surface area (TPSA) is 114 Å². The molecule has 0 saturated carbocycles. The van der Waals surface area contributed by atoms with Gasteiger partial charge in [-0.2, -0.15) is 5.26 Å². The van der Waals surface area contributed by atoms with Crippen molar-refractivity contribution in [1.29, 1.82) is 5.26 Å². The van der Waals surface area contributed by atoms with Gasteiger partial charge in [-0.15, -0.1) is 0 Å². The number of hydrogen-bond acceptors (Lipinski definition) is 5. The third-order valence-electron chi connectivity index (χ3n) is 2.54. The molecule has 0 spiro atoms. The minimum absolute atomic E-state index is 0.0317. The van der Waals surface area contributed by atoms with Gasteiger partial charge in [-0.3, -0.25) is 9.59 Å². The maximum Gasteiger partial charge on any atom is 0.261 e. The largest absolute Gasteiger partial charge is 0.490 e. The van der Waals surface area contributed by atoms with E-state index in [0.29, 0.717) is 23.7 Å². The van der Waals surface area contributed by atoms with Crippen molar-refractivity contribution in [1.82, 2.24) is 5.32 Å². The third-order valence-corrected chi connectivity index (χ3v) is 2.54. The first-order valence-corrected chi connectivity index (χ1v) is 6.53. The van der Waals surface area contributed by atoms with Gasteiger partial charge in [-0.05, 0) is 30.7 Å². The van der Waals surface area contributed by atoms with Crippen LogP contribution in [-0.4, -0.2) is 32.1 Å². The summed E-state index contributed by atoms with van der Waals surface area (Å²) in [5.41, 5.74) is 5.59. The average Bonchev–Trinajstić information content (AvgIpc) is 2.51. The van der Waals surface area contributed by atoms with E-state index < -0.39 is 11.8 Å². The van der Waals surface area contributed by atoms with Crippen LogP contribution in [0, 0.1) is 11.3 Å². The maximum atomic E-state index is 11.5. The highest BCUT2D eigenvalue weighted by atomic mass is 16.5. The number of primary amides is 1. The molecule has 0 aliphatic carbocycles. The highest BCUT2D eigenvalue weighted by Gasteiger charge is 2.10. The van der Waals surface area contributed by atoms with Crippen LogP contribution in [-0.2, 0) is 9.59 Å². The van der Waals surface area contributed by atoms with Crippen molar-refractivity contribution in [3.8, 4) is 17.6 Å². The maximum absolute atomic E-state index is 11.5. The van der Waals surface area contributed by atoms with Gasteiger partial charge in [0.15, 0.2) is 18.1 Å². The molecule has 22 heavy (non-hydrogen) atoms. The number of benzene rings is 1.